The average Bonchev–Trinajstić information content (AvgIpc) is 2.20. The average molecular weight is 251 g/mol. The molecule has 0 aliphatic carbocycles. The van der Waals surface area contributed by atoms with Crippen molar-refractivity contribution in [1.82, 2.24) is 5.32 Å². The lowest BCUT2D eigenvalue weighted by molar-refractivity contribution is 0.551. The molecule has 0 aromatic heterocycles. The second-order valence-electron chi connectivity index (χ2n) is 5.28. The van der Waals surface area contributed by atoms with Gasteiger partial charge in [0.05, 0.1) is 0 Å². The Morgan fingerprint density at radius 3 is 2.41 bits per heavy atom. The van der Waals surface area contributed by atoms with Crippen LogP contribution in [0.5, 0.6) is 0 Å². The summed E-state index contributed by atoms with van der Waals surface area (Å²) in [4.78, 5) is 1.38. The SMILES string of the molecule is Cc1cc(SC(C)C)ccc1CNCC(C)C. The smallest absolute Gasteiger partial charge is 0.0208 e. The predicted octanol–water partition coefficient (Wildman–Crippen LogP) is 4.24. The second-order valence-corrected chi connectivity index (χ2v) is 6.93. The lowest BCUT2D eigenvalue weighted by Crippen LogP contribution is -2.19. The molecule has 1 nitrogen and oxygen atoms in total. The van der Waals surface area contributed by atoms with Crippen LogP contribution in [0.4, 0.5) is 0 Å². The molecule has 2 heteroatoms. The van der Waals surface area contributed by atoms with E-state index in [1.807, 2.05) is 11.8 Å². The molecule has 1 rings (SSSR count). The van der Waals surface area contributed by atoms with Crippen LogP contribution in [0, 0.1) is 12.8 Å². The van der Waals surface area contributed by atoms with Gasteiger partial charge < -0.3 is 5.32 Å². The third-order valence-electron chi connectivity index (χ3n) is 2.55. The van der Waals surface area contributed by atoms with Gasteiger partial charge in [-0.15, -0.1) is 11.8 Å². The fourth-order valence-corrected chi connectivity index (χ4v) is 2.64. The Balaban J connectivity index is 2.57. The van der Waals surface area contributed by atoms with E-state index in [9.17, 15) is 0 Å². The zero-order valence-electron chi connectivity index (χ0n) is 11.7. The van der Waals surface area contributed by atoms with Crippen LogP contribution in [-0.2, 0) is 6.54 Å². The highest BCUT2D eigenvalue weighted by atomic mass is 32.2. The molecule has 17 heavy (non-hydrogen) atoms. The highest BCUT2D eigenvalue weighted by Gasteiger charge is 2.03. The first kappa shape index (κ1) is 14.6. The van der Waals surface area contributed by atoms with Crippen molar-refractivity contribution in [1.29, 1.82) is 0 Å². The van der Waals surface area contributed by atoms with E-state index in [4.69, 9.17) is 0 Å². The van der Waals surface area contributed by atoms with Gasteiger partial charge in [-0.05, 0) is 42.6 Å². The molecular weight excluding hydrogens is 226 g/mol. The molecule has 0 aliphatic heterocycles. The molecule has 0 atom stereocenters. The first-order valence-electron chi connectivity index (χ1n) is 6.46. The van der Waals surface area contributed by atoms with Gasteiger partial charge in [0.1, 0.15) is 0 Å². The van der Waals surface area contributed by atoms with Crippen molar-refractivity contribution in [3.63, 3.8) is 0 Å². The maximum Gasteiger partial charge on any atom is 0.0208 e. The van der Waals surface area contributed by atoms with Crippen LogP contribution in [0.15, 0.2) is 23.1 Å². The second kappa shape index (κ2) is 7.07. The normalized spacial score (nSPS) is 11.5. The molecule has 1 aromatic carbocycles. The van der Waals surface area contributed by atoms with E-state index in [-0.39, 0.29) is 0 Å². The minimum Gasteiger partial charge on any atom is -0.312 e. The third-order valence-corrected chi connectivity index (χ3v) is 3.55. The van der Waals surface area contributed by atoms with E-state index in [0.29, 0.717) is 11.2 Å². The van der Waals surface area contributed by atoms with Crippen molar-refractivity contribution < 1.29 is 0 Å². The van der Waals surface area contributed by atoms with Gasteiger partial charge in [-0.1, -0.05) is 33.8 Å². The molecule has 0 amide bonds. The van der Waals surface area contributed by atoms with Gasteiger partial charge in [-0.3, -0.25) is 0 Å². The maximum absolute atomic E-state index is 3.50. The summed E-state index contributed by atoms with van der Waals surface area (Å²) in [6, 6.07) is 6.80. The monoisotopic (exact) mass is 251 g/mol. The number of nitrogens with one attached hydrogen (secondary N) is 1. The Kier molecular flexibility index (Phi) is 6.07. The zero-order chi connectivity index (χ0) is 12.8. The summed E-state index contributed by atoms with van der Waals surface area (Å²) in [5.74, 6) is 0.714. The number of hydrogen-bond donors (Lipinski definition) is 1. The molecule has 0 heterocycles. The Hall–Kier alpha value is -0.470. The van der Waals surface area contributed by atoms with E-state index in [2.05, 4.69) is 58.1 Å². The molecule has 1 N–H and O–H groups in total. The molecule has 0 spiro atoms. The number of rotatable bonds is 6. The van der Waals surface area contributed by atoms with Crippen molar-refractivity contribution in [3.8, 4) is 0 Å². The maximum atomic E-state index is 3.50. The van der Waals surface area contributed by atoms with Gasteiger partial charge in [-0.2, -0.15) is 0 Å². The van der Waals surface area contributed by atoms with Crippen molar-refractivity contribution in [2.24, 2.45) is 5.92 Å². The fraction of sp³-hybridized carbons (Fsp3) is 0.600. The third kappa shape index (κ3) is 5.60. The van der Waals surface area contributed by atoms with Gasteiger partial charge in [-0.25, -0.2) is 0 Å². The number of thioether (sulfide) groups is 1. The van der Waals surface area contributed by atoms with Crippen LogP contribution in [0.2, 0.25) is 0 Å². The Labute approximate surface area is 110 Å². The number of benzene rings is 1. The highest BCUT2D eigenvalue weighted by molar-refractivity contribution is 7.99. The summed E-state index contributed by atoms with van der Waals surface area (Å²) in [5, 5.41) is 4.15. The first-order valence-corrected chi connectivity index (χ1v) is 7.34. The van der Waals surface area contributed by atoms with Gasteiger partial charge in [0.2, 0.25) is 0 Å². The van der Waals surface area contributed by atoms with Crippen LogP contribution in [0.3, 0.4) is 0 Å². The molecule has 0 fully saturated rings. The van der Waals surface area contributed by atoms with E-state index < -0.39 is 0 Å². The van der Waals surface area contributed by atoms with Crippen LogP contribution in [0.1, 0.15) is 38.8 Å². The molecule has 96 valence electrons. The van der Waals surface area contributed by atoms with Crippen LogP contribution in [-0.4, -0.2) is 11.8 Å². The topological polar surface area (TPSA) is 12.0 Å². The predicted molar refractivity (Wildman–Crippen MR) is 78.7 cm³/mol. The van der Waals surface area contributed by atoms with Crippen molar-refractivity contribution in [2.75, 3.05) is 6.54 Å². The van der Waals surface area contributed by atoms with Crippen LogP contribution < -0.4 is 5.32 Å². The minimum atomic E-state index is 0.652. The van der Waals surface area contributed by atoms with E-state index in [1.165, 1.54) is 16.0 Å². The summed E-state index contributed by atoms with van der Waals surface area (Å²) in [6.45, 7) is 13.2. The summed E-state index contributed by atoms with van der Waals surface area (Å²) in [5.41, 5.74) is 2.81. The molecule has 0 aliphatic rings. The summed E-state index contributed by atoms with van der Waals surface area (Å²) in [7, 11) is 0. The molecule has 0 saturated carbocycles. The molecule has 1 aromatic rings. The van der Waals surface area contributed by atoms with E-state index >= 15 is 0 Å². The van der Waals surface area contributed by atoms with Gasteiger partial charge in [0, 0.05) is 16.7 Å². The molecule has 0 saturated heterocycles. The minimum absolute atomic E-state index is 0.652. The van der Waals surface area contributed by atoms with Gasteiger partial charge in [0.25, 0.3) is 0 Å². The summed E-state index contributed by atoms with van der Waals surface area (Å²) >= 11 is 1.93. The quantitative estimate of drug-likeness (QED) is 0.759. The van der Waals surface area contributed by atoms with Crippen molar-refractivity contribution in [3.05, 3.63) is 29.3 Å². The lowest BCUT2D eigenvalue weighted by Gasteiger charge is -2.12. The molecule has 0 bridgehead atoms. The summed E-state index contributed by atoms with van der Waals surface area (Å²) in [6.07, 6.45) is 0. The first-order chi connectivity index (χ1) is 7.99. The molecule has 0 radical (unpaired) electrons. The van der Waals surface area contributed by atoms with E-state index in [0.717, 1.165) is 13.1 Å². The number of aryl methyl sites for hydroxylation is 1. The summed E-state index contributed by atoms with van der Waals surface area (Å²) < 4.78 is 0. The van der Waals surface area contributed by atoms with Crippen LogP contribution in [0.25, 0.3) is 0 Å². The zero-order valence-corrected chi connectivity index (χ0v) is 12.5. The molecular formula is C15H25NS. The number of hydrogen-bond acceptors (Lipinski definition) is 2. The fourth-order valence-electron chi connectivity index (χ4n) is 1.71. The highest BCUT2D eigenvalue weighted by Crippen LogP contribution is 2.24. The van der Waals surface area contributed by atoms with Crippen molar-refractivity contribution in [2.45, 2.75) is 51.3 Å². The Morgan fingerprint density at radius 1 is 1.18 bits per heavy atom. The van der Waals surface area contributed by atoms with E-state index in [1.54, 1.807) is 0 Å². The van der Waals surface area contributed by atoms with Gasteiger partial charge in [0.15, 0.2) is 0 Å². The lowest BCUT2D eigenvalue weighted by atomic mass is 10.1. The largest absolute Gasteiger partial charge is 0.312 e. The Morgan fingerprint density at radius 2 is 1.88 bits per heavy atom. The van der Waals surface area contributed by atoms with Crippen LogP contribution >= 0.6 is 11.8 Å². The standard InChI is InChI=1S/C15H25NS/c1-11(2)9-16-10-14-6-7-15(8-13(14)5)17-12(3)4/h6-8,11-12,16H,9-10H2,1-5H3. The molecule has 0 unspecified atom stereocenters. The van der Waals surface area contributed by atoms with Gasteiger partial charge >= 0.3 is 0 Å². The van der Waals surface area contributed by atoms with Crippen molar-refractivity contribution >= 4 is 11.8 Å². The Bertz CT molecular complexity index is 345.